The molecule has 204 valence electrons. The Hall–Kier alpha value is -4.47. The van der Waals surface area contributed by atoms with Crippen molar-refractivity contribution in [3.8, 4) is 23.0 Å². The molecule has 0 spiro atoms. The van der Waals surface area contributed by atoms with Crippen LogP contribution < -0.4 is 0 Å². The van der Waals surface area contributed by atoms with Gasteiger partial charge in [0.2, 0.25) is 15.8 Å². The van der Waals surface area contributed by atoms with Gasteiger partial charge in [-0.25, -0.2) is 18.1 Å². The van der Waals surface area contributed by atoms with Crippen LogP contribution in [0.5, 0.6) is 0 Å². The molecule has 0 amide bonds. The van der Waals surface area contributed by atoms with Crippen LogP contribution in [0.1, 0.15) is 15.4 Å². The number of Topliss-reactive ketones (excluding diaryl/α,β-unsaturated/α-hetero) is 1. The maximum absolute atomic E-state index is 13.4. The Labute approximate surface area is 240 Å². The van der Waals surface area contributed by atoms with Gasteiger partial charge in [-0.3, -0.25) is 4.79 Å². The van der Waals surface area contributed by atoms with E-state index >= 15 is 0 Å². The largest absolute Gasteiger partial charge is 0.379 e. The molecule has 1 aliphatic rings. The molecule has 3 aromatic carbocycles. The number of carbonyl (C=O) groups is 1. The van der Waals surface area contributed by atoms with Gasteiger partial charge in [-0.1, -0.05) is 42.5 Å². The van der Waals surface area contributed by atoms with Gasteiger partial charge in [-0.15, -0.1) is 11.3 Å². The number of fused-ring (bicyclic) bond motifs is 1. The van der Waals surface area contributed by atoms with Crippen LogP contribution >= 0.6 is 11.3 Å². The maximum Gasteiger partial charge on any atom is 0.243 e. The number of thiazole rings is 1. The molecule has 41 heavy (non-hydrogen) atoms. The molecule has 1 fully saturated rings. The minimum atomic E-state index is -3.75. The normalized spacial score (nSPS) is 14.7. The number of carbonyl (C=O) groups excluding carboxylic acids is 1. The van der Waals surface area contributed by atoms with Crippen molar-refractivity contribution < 1.29 is 17.9 Å². The summed E-state index contributed by atoms with van der Waals surface area (Å²) in [6.07, 6.45) is 3.20. The van der Waals surface area contributed by atoms with Crippen LogP contribution in [0.15, 0.2) is 95.5 Å². The van der Waals surface area contributed by atoms with E-state index in [9.17, 15) is 18.5 Å². The summed E-state index contributed by atoms with van der Waals surface area (Å²) in [5, 5.41) is 15.0. The highest BCUT2D eigenvalue weighted by molar-refractivity contribution is 7.89. The van der Waals surface area contributed by atoms with Crippen LogP contribution in [0.25, 0.3) is 33.2 Å². The van der Waals surface area contributed by atoms with Crippen molar-refractivity contribution in [2.75, 3.05) is 26.3 Å². The molecule has 0 radical (unpaired) electrons. The van der Waals surface area contributed by atoms with Crippen molar-refractivity contribution in [2.45, 2.75) is 4.90 Å². The third kappa shape index (κ3) is 5.33. The van der Waals surface area contributed by atoms with Gasteiger partial charge < -0.3 is 4.74 Å². The number of morpholine rings is 1. The molecule has 6 rings (SSSR count). The molecule has 0 aliphatic carbocycles. The highest BCUT2D eigenvalue weighted by atomic mass is 32.2. The molecular weight excluding hydrogens is 558 g/mol. The monoisotopic (exact) mass is 581 g/mol. The molecule has 0 unspecified atom stereocenters. The Kier molecular flexibility index (Phi) is 7.30. The molecule has 1 saturated heterocycles. The molecule has 0 atom stereocenters. The van der Waals surface area contributed by atoms with Gasteiger partial charge in [0, 0.05) is 30.4 Å². The van der Waals surface area contributed by atoms with E-state index in [0.29, 0.717) is 35.6 Å². The van der Waals surface area contributed by atoms with Crippen LogP contribution in [0.3, 0.4) is 0 Å². The van der Waals surface area contributed by atoms with Gasteiger partial charge in [-0.05, 0) is 42.5 Å². The van der Waals surface area contributed by atoms with Crippen LogP contribution in [0.4, 0.5) is 0 Å². The summed E-state index contributed by atoms with van der Waals surface area (Å²) >= 11 is 1.23. The van der Waals surface area contributed by atoms with E-state index in [1.807, 2.05) is 60.7 Å². The Morgan fingerprint density at radius 2 is 1.76 bits per heavy atom. The Morgan fingerprint density at radius 3 is 2.51 bits per heavy atom. The zero-order valence-corrected chi connectivity index (χ0v) is 23.3. The molecule has 1 aliphatic heterocycles. The quantitative estimate of drug-likeness (QED) is 0.151. The van der Waals surface area contributed by atoms with E-state index in [1.165, 1.54) is 21.7 Å². The Morgan fingerprint density at radius 1 is 1.00 bits per heavy atom. The number of allylic oxidation sites excluding steroid dienone is 1. The van der Waals surface area contributed by atoms with Crippen LogP contribution in [0, 0.1) is 11.3 Å². The van der Waals surface area contributed by atoms with Crippen LogP contribution in [0.2, 0.25) is 0 Å². The molecular formula is C30H23N5O4S2. The van der Waals surface area contributed by atoms with Crippen LogP contribution in [-0.4, -0.2) is 59.6 Å². The first-order chi connectivity index (χ1) is 19.9. The number of para-hydroxylation sites is 2. The maximum atomic E-state index is 13.4. The third-order valence-electron chi connectivity index (χ3n) is 6.63. The van der Waals surface area contributed by atoms with Crippen LogP contribution in [-0.2, 0) is 14.8 Å². The number of aromatic nitrogens is 3. The molecule has 0 N–H and O–H groups in total. The molecule has 0 saturated carbocycles. The number of benzene rings is 3. The average molecular weight is 582 g/mol. The number of rotatable bonds is 7. The number of ketones is 1. The summed E-state index contributed by atoms with van der Waals surface area (Å²) in [7, 11) is -3.75. The van der Waals surface area contributed by atoms with Crippen molar-refractivity contribution in [3.05, 3.63) is 101 Å². The molecule has 11 heteroatoms. The highest BCUT2D eigenvalue weighted by Gasteiger charge is 2.27. The lowest BCUT2D eigenvalue weighted by atomic mass is 10.0. The minimum absolute atomic E-state index is 0.102. The fraction of sp³-hybridized carbons (Fsp3) is 0.133. The molecule has 9 nitrogen and oxygen atoms in total. The fourth-order valence-electron chi connectivity index (χ4n) is 4.56. The summed E-state index contributed by atoms with van der Waals surface area (Å²) in [6.45, 7) is 1.25. The van der Waals surface area contributed by atoms with Gasteiger partial charge in [0.15, 0.2) is 5.01 Å². The summed E-state index contributed by atoms with van der Waals surface area (Å²) < 4.78 is 35.9. The predicted octanol–water partition coefficient (Wildman–Crippen LogP) is 4.96. The van der Waals surface area contributed by atoms with Gasteiger partial charge in [0.05, 0.1) is 34.0 Å². The van der Waals surface area contributed by atoms with E-state index in [1.54, 1.807) is 35.1 Å². The molecule has 5 aromatic rings. The Balaban J connectivity index is 1.44. The number of hydrogen-bond donors (Lipinski definition) is 0. The zero-order valence-electron chi connectivity index (χ0n) is 21.7. The molecule has 3 heterocycles. The Bertz CT molecular complexity index is 1900. The third-order valence-corrected chi connectivity index (χ3v) is 9.56. The molecule has 2 aromatic heterocycles. The number of hydrogen-bond acceptors (Lipinski definition) is 8. The number of ether oxygens (including phenoxy) is 1. The average Bonchev–Trinajstić information content (AvgIpc) is 3.65. The van der Waals surface area contributed by atoms with E-state index in [-0.39, 0.29) is 28.6 Å². The lowest BCUT2D eigenvalue weighted by Crippen LogP contribution is -2.40. The van der Waals surface area contributed by atoms with Crippen molar-refractivity contribution in [2.24, 2.45) is 0 Å². The lowest BCUT2D eigenvalue weighted by molar-refractivity contribution is 0.0730. The SMILES string of the molecule is N#C/C(=C\c1cn(-c2ccccc2)nc1-c1cccc(S(=O)(=O)N2CCOCC2)c1)C(=O)c1nc2ccccc2s1. The fourth-order valence-corrected chi connectivity index (χ4v) is 6.93. The van der Waals surface area contributed by atoms with Gasteiger partial charge in [0.1, 0.15) is 17.3 Å². The van der Waals surface area contributed by atoms with E-state index in [2.05, 4.69) is 4.98 Å². The number of nitriles is 1. The predicted molar refractivity (Wildman–Crippen MR) is 156 cm³/mol. The first-order valence-electron chi connectivity index (χ1n) is 12.8. The second kappa shape index (κ2) is 11.2. The zero-order chi connectivity index (χ0) is 28.4. The highest BCUT2D eigenvalue weighted by Crippen LogP contribution is 2.30. The first-order valence-corrected chi connectivity index (χ1v) is 15.1. The van der Waals surface area contributed by atoms with Gasteiger partial charge in [-0.2, -0.15) is 14.7 Å². The minimum Gasteiger partial charge on any atom is -0.379 e. The van der Waals surface area contributed by atoms with E-state index in [0.717, 1.165) is 10.4 Å². The lowest BCUT2D eigenvalue weighted by Gasteiger charge is -2.26. The summed E-state index contributed by atoms with van der Waals surface area (Å²) in [5.74, 6) is -0.490. The van der Waals surface area contributed by atoms with Crippen molar-refractivity contribution in [1.82, 2.24) is 19.1 Å². The van der Waals surface area contributed by atoms with Crippen molar-refractivity contribution in [1.29, 1.82) is 5.26 Å². The van der Waals surface area contributed by atoms with E-state index < -0.39 is 15.8 Å². The number of nitrogens with zero attached hydrogens (tertiary/aromatic N) is 5. The summed E-state index contributed by atoms with van der Waals surface area (Å²) in [5.41, 5.74) is 2.80. The standard InChI is InChI=1S/C30H23N5O4S2/c31-19-22(29(36)30-32-26-11-4-5-12-27(26)40-30)17-23-20-35(24-8-2-1-3-9-24)33-28(23)21-7-6-10-25(18-21)41(37,38)34-13-15-39-16-14-34/h1-12,17-18,20H,13-16H2/b22-17+. The van der Waals surface area contributed by atoms with Crippen molar-refractivity contribution in [3.63, 3.8) is 0 Å². The molecule has 0 bridgehead atoms. The van der Waals surface area contributed by atoms with Gasteiger partial charge >= 0.3 is 0 Å². The second-order valence-corrected chi connectivity index (χ2v) is 12.2. The van der Waals surface area contributed by atoms with E-state index in [4.69, 9.17) is 9.84 Å². The van der Waals surface area contributed by atoms with Gasteiger partial charge in [0.25, 0.3) is 0 Å². The second-order valence-electron chi connectivity index (χ2n) is 9.24. The summed E-state index contributed by atoms with van der Waals surface area (Å²) in [6, 6.07) is 25.4. The number of sulfonamides is 1. The van der Waals surface area contributed by atoms with Crippen molar-refractivity contribution >= 4 is 43.4 Å². The topological polar surface area (TPSA) is 118 Å². The smallest absolute Gasteiger partial charge is 0.243 e. The summed E-state index contributed by atoms with van der Waals surface area (Å²) in [4.78, 5) is 17.9. The first kappa shape index (κ1) is 26.7.